The smallest absolute Gasteiger partial charge is 0.408 e. The Hall–Kier alpha value is -5.91. The van der Waals surface area contributed by atoms with Crippen LogP contribution in [0.3, 0.4) is 0 Å². The lowest BCUT2D eigenvalue weighted by molar-refractivity contribution is 0.0465. The van der Waals surface area contributed by atoms with Gasteiger partial charge in [0.05, 0.1) is 71.0 Å². The molecule has 312 valence electrons. The summed E-state index contributed by atoms with van der Waals surface area (Å²) in [6.07, 6.45) is -0.215. The summed E-state index contributed by atoms with van der Waals surface area (Å²) in [7, 11) is 0. The van der Waals surface area contributed by atoms with Crippen LogP contribution in [0.25, 0.3) is 22.1 Å². The van der Waals surface area contributed by atoms with Crippen molar-refractivity contribution >= 4 is 40.1 Å². The van der Waals surface area contributed by atoms with Crippen LogP contribution in [0.2, 0.25) is 0 Å². The minimum atomic E-state index is -1.25. The number of alkyl halides is 2. The first-order valence-corrected chi connectivity index (χ1v) is 19.2. The molecule has 59 heavy (non-hydrogen) atoms. The number of benzene rings is 2. The molecule has 4 atom stereocenters. The third-order valence-corrected chi connectivity index (χ3v) is 9.96. The lowest BCUT2D eigenvalue weighted by atomic mass is 10.0. The second kappa shape index (κ2) is 17.1. The average molecular weight is 823 g/mol. The van der Waals surface area contributed by atoms with Crippen molar-refractivity contribution in [1.82, 2.24) is 34.4 Å². The number of anilines is 2. The van der Waals surface area contributed by atoms with E-state index in [0.29, 0.717) is 72.4 Å². The highest BCUT2D eigenvalue weighted by atomic mass is 19.1. The van der Waals surface area contributed by atoms with E-state index in [2.05, 4.69) is 25.3 Å². The van der Waals surface area contributed by atoms with Gasteiger partial charge in [0.15, 0.2) is 0 Å². The lowest BCUT2D eigenvalue weighted by Crippen LogP contribution is -2.55. The predicted molar refractivity (Wildman–Crippen MR) is 211 cm³/mol. The Morgan fingerprint density at radius 2 is 1.20 bits per heavy atom. The van der Waals surface area contributed by atoms with Crippen molar-refractivity contribution in [2.24, 2.45) is 5.73 Å². The first-order chi connectivity index (χ1) is 28.1. The minimum absolute atomic E-state index is 0.156. The summed E-state index contributed by atoms with van der Waals surface area (Å²) in [5, 5.41) is 2.61. The molecule has 6 aromatic rings. The number of nitrogens with one attached hydrogen (secondary N) is 1. The fraction of sp³-hybridized carbons (Fsp3) is 0.390. The van der Waals surface area contributed by atoms with E-state index in [1.165, 1.54) is 36.4 Å². The Kier molecular flexibility index (Phi) is 12.0. The number of fused-ring (bicyclic) bond motifs is 2. The van der Waals surface area contributed by atoms with Crippen molar-refractivity contribution in [2.75, 3.05) is 36.0 Å². The van der Waals surface area contributed by atoms with E-state index in [4.69, 9.17) is 10.5 Å². The summed E-state index contributed by atoms with van der Waals surface area (Å²) < 4.78 is 91.3. The zero-order valence-electron chi connectivity index (χ0n) is 32.6. The topological polar surface area (TPSA) is 132 Å². The zero-order valence-corrected chi connectivity index (χ0v) is 32.6. The highest BCUT2D eigenvalue weighted by Gasteiger charge is 2.34. The molecule has 18 heteroatoms. The molecule has 0 radical (unpaired) electrons. The number of carbonyl (C=O) groups is 1. The number of imidazole rings is 2. The van der Waals surface area contributed by atoms with E-state index in [9.17, 15) is 31.1 Å². The molecule has 2 aliphatic rings. The third-order valence-electron chi connectivity index (χ3n) is 9.96. The van der Waals surface area contributed by atoms with E-state index in [0.717, 1.165) is 17.9 Å². The average Bonchev–Trinajstić information content (AvgIpc) is 3.71. The SMILES string of the molecule is CC(C)(C)OC(=O)N[C@@H]1CN(c2nc3cc(F)ccc3n2Cc2ccc(F)cn2)CC[C@H]1F.N[C@@H]1CN(c2nc3cc(F)ccc3n2Cc2ccc(F)cn2)CC[C@H]1F. The molecule has 2 fully saturated rings. The van der Waals surface area contributed by atoms with Crippen LogP contribution in [-0.2, 0) is 17.8 Å². The van der Waals surface area contributed by atoms with Crippen LogP contribution in [0.1, 0.15) is 45.0 Å². The highest BCUT2D eigenvalue weighted by Crippen LogP contribution is 2.29. The molecule has 3 N–H and O–H groups in total. The number of hydrogen-bond acceptors (Lipinski definition) is 9. The first-order valence-electron chi connectivity index (χ1n) is 19.2. The largest absolute Gasteiger partial charge is 0.444 e. The van der Waals surface area contributed by atoms with Gasteiger partial charge in [0.2, 0.25) is 11.9 Å². The summed E-state index contributed by atoms with van der Waals surface area (Å²) in [5.74, 6) is -0.595. The first kappa shape index (κ1) is 41.3. The number of alkyl carbamates (subject to hydrolysis) is 1. The zero-order chi connectivity index (χ0) is 42.0. The van der Waals surface area contributed by atoms with Gasteiger partial charge in [-0.1, -0.05) is 0 Å². The number of hydrogen-bond donors (Lipinski definition) is 2. The second-order valence-corrected chi connectivity index (χ2v) is 15.6. The maximum Gasteiger partial charge on any atom is 0.408 e. The maximum absolute atomic E-state index is 14.7. The highest BCUT2D eigenvalue weighted by molar-refractivity contribution is 5.80. The van der Waals surface area contributed by atoms with Crippen molar-refractivity contribution in [3.63, 3.8) is 0 Å². The summed E-state index contributed by atoms with van der Waals surface area (Å²) in [6.45, 7) is 7.10. The van der Waals surface area contributed by atoms with Gasteiger partial charge in [0, 0.05) is 38.3 Å². The van der Waals surface area contributed by atoms with Gasteiger partial charge in [-0.3, -0.25) is 9.97 Å². The van der Waals surface area contributed by atoms with E-state index in [1.54, 1.807) is 45.0 Å². The molecule has 2 aromatic carbocycles. The van der Waals surface area contributed by atoms with Crippen LogP contribution in [-0.4, -0.2) is 91.4 Å². The molecule has 0 saturated carbocycles. The van der Waals surface area contributed by atoms with Crippen LogP contribution >= 0.6 is 0 Å². The van der Waals surface area contributed by atoms with Gasteiger partial charge < -0.3 is 34.7 Å². The molecule has 2 aliphatic heterocycles. The van der Waals surface area contributed by atoms with Crippen molar-refractivity contribution in [1.29, 1.82) is 0 Å². The molecule has 2 saturated heterocycles. The Morgan fingerprint density at radius 3 is 1.66 bits per heavy atom. The fourth-order valence-electron chi connectivity index (χ4n) is 7.13. The summed E-state index contributed by atoms with van der Waals surface area (Å²) >= 11 is 0. The number of carbonyl (C=O) groups excluding carboxylic acids is 1. The normalized spacial score (nSPS) is 19.8. The number of piperidine rings is 2. The number of halogens is 6. The molecule has 1 amide bonds. The Bertz CT molecular complexity index is 2400. The minimum Gasteiger partial charge on any atom is -0.444 e. The van der Waals surface area contributed by atoms with Crippen LogP contribution in [0.4, 0.5) is 43.0 Å². The number of nitrogens with two attached hydrogens (primary N) is 1. The van der Waals surface area contributed by atoms with Crippen molar-refractivity contribution in [2.45, 2.75) is 76.7 Å². The molecule has 4 aromatic heterocycles. The summed E-state index contributed by atoms with van der Waals surface area (Å²) in [5.41, 5.74) is 8.72. The number of aromatic nitrogens is 6. The van der Waals surface area contributed by atoms with E-state index >= 15 is 0 Å². The number of rotatable bonds is 7. The molecule has 0 bridgehead atoms. The summed E-state index contributed by atoms with van der Waals surface area (Å²) in [6, 6.07) is 13.0. The molecule has 0 spiro atoms. The Labute approximate surface area is 336 Å². The van der Waals surface area contributed by atoms with E-state index in [1.807, 2.05) is 18.9 Å². The number of amides is 1. The molecule has 12 nitrogen and oxygen atoms in total. The quantitative estimate of drug-likeness (QED) is 0.166. The molecule has 6 heterocycles. The van der Waals surface area contributed by atoms with E-state index in [-0.39, 0.29) is 25.3 Å². The van der Waals surface area contributed by atoms with Crippen molar-refractivity contribution < 1.29 is 35.9 Å². The van der Waals surface area contributed by atoms with Gasteiger partial charge >= 0.3 is 6.09 Å². The van der Waals surface area contributed by atoms with Gasteiger partial charge in [-0.25, -0.2) is 41.1 Å². The van der Waals surface area contributed by atoms with Gasteiger partial charge in [-0.15, -0.1) is 0 Å². The number of pyridine rings is 2. The molecule has 0 unspecified atom stereocenters. The standard InChI is InChI=1S/C23H26F3N5O2.C18H18F3N5/c1-23(2,3)33-22(32)29-19-13-30(9-8-17(19)26)21-28-18-10-14(24)5-7-20(18)31(21)12-16-6-4-15(25)11-27-16;19-11-2-4-17-16(7-11)24-18(25-6-5-14(21)15(22)10-25)26(17)9-13-3-1-12(20)8-23-13/h4-7,10-11,17,19H,8-9,12-13H2,1-3H3,(H,29,32);1-4,7-8,14-15H,5-6,9-10,22H2/t17-,19-;14-,15-/m11/s1. The second-order valence-electron chi connectivity index (χ2n) is 15.6. The fourth-order valence-corrected chi connectivity index (χ4v) is 7.13. The molecule has 0 aliphatic carbocycles. The van der Waals surface area contributed by atoms with Crippen LogP contribution < -0.4 is 20.9 Å². The van der Waals surface area contributed by atoms with Gasteiger partial charge in [0.1, 0.15) is 41.2 Å². The number of nitrogens with zero attached hydrogens (tertiary/aromatic N) is 8. The van der Waals surface area contributed by atoms with Crippen LogP contribution in [0, 0.1) is 23.3 Å². The van der Waals surface area contributed by atoms with Gasteiger partial charge in [0.25, 0.3) is 0 Å². The third kappa shape index (κ3) is 9.87. The Balaban J connectivity index is 0.000000184. The van der Waals surface area contributed by atoms with Crippen molar-refractivity contribution in [3.05, 3.63) is 108 Å². The Morgan fingerprint density at radius 1 is 0.729 bits per heavy atom. The maximum atomic E-state index is 14.7. The lowest BCUT2D eigenvalue weighted by Gasteiger charge is -2.36. The summed E-state index contributed by atoms with van der Waals surface area (Å²) in [4.78, 5) is 33.3. The van der Waals surface area contributed by atoms with Crippen LogP contribution in [0.5, 0.6) is 0 Å². The molecular formula is C41H44F6N10O2. The predicted octanol–water partition coefficient (Wildman–Crippen LogP) is 6.83. The van der Waals surface area contributed by atoms with Crippen molar-refractivity contribution in [3.8, 4) is 0 Å². The monoisotopic (exact) mass is 822 g/mol. The van der Waals surface area contributed by atoms with E-state index < -0.39 is 53.6 Å². The molecule has 8 rings (SSSR count). The van der Waals surface area contributed by atoms with Gasteiger partial charge in [-0.2, -0.15) is 0 Å². The van der Waals surface area contributed by atoms with Gasteiger partial charge in [-0.05, 0) is 82.1 Å². The number of ether oxygens (including phenoxy) is 1. The molecular weight excluding hydrogens is 779 g/mol. The van der Waals surface area contributed by atoms with Crippen LogP contribution in [0.15, 0.2) is 73.1 Å².